The lowest BCUT2D eigenvalue weighted by Gasteiger charge is -2.18. The quantitative estimate of drug-likeness (QED) is 0.887. The van der Waals surface area contributed by atoms with E-state index in [0.29, 0.717) is 0 Å². The first-order chi connectivity index (χ1) is 6.83. The molecule has 78 valence electrons. The van der Waals surface area contributed by atoms with Gasteiger partial charge in [0, 0.05) is 9.85 Å². The van der Waals surface area contributed by atoms with Crippen LogP contribution in [0.25, 0.3) is 0 Å². The Morgan fingerprint density at radius 3 is 3.00 bits per heavy atom. The van der Waals surface area contributed by atoms with Gasteiger partial charge in [0.05, 0.1) is 0 Å². The number of thiophene rings is 1. The van der Waals surface area contributed by atoms with Gasteiger partial charge in [-0.3, -0.25) is 0 Å². The average molecular weight is 274 g/mol. The first kappa shape index (κ1) is 10.7. The zero-order valence-electron chi connectivity index (χ0n) is 8.42. The summed E-state index contributed by atoms with van der Waals surface area (Å²) >= 11 is 5.45. The molecule has 14 heavy (non-hydrogen) atoms. The van der Waals surface area contributed by atoms with Crippen LogP contribution in [0, 0.1) is 5.92 Å². The highest BCUT2D eigenvalue weighted by atomic mass is 79.9. The minimum atomic E-state index is 0.781. The molecule has 0 spiro atoms. The molecule has 0 bridgehead atoms. The summed E-state index contributed by atoms with van der Waals surface area (Å²) in [6.07, 6.45) is 4.13. The summed E-state index contributed by atoms with van der Waals surface area (Å²) in [5.41, 5.74) is 1.53. The molecule has 0 aliphatic heterocycles. The molecule has 3 heteroatoms. The fourth-order valence-electron chi connectivity index (χ4n) is 2.51. The van der Waals surface area contributed by atoms with Crippen LogP contribution in [-0.4, -0.2) is 13.6 Å². The molecule has 1 fully saturated rings. The monoisotopic (exact) mass is 273 g/mol. The Morgan fingerprint density at radius 2 is 2.36 bits per heavy atom. The van der Waals surface area contributed by atoms with Crippen LogP contribution < -0.4 is 5.32 Å². The second-order valence-corrected chi connectivity index (χ2v) is 5.63. The molecule has 1 N–H and O–H groups in total. The minimum Gasteiger partial charge on any atom is -0.319 e. The molecule has 0 radical (unpaired) electrons. The maximum atomic E-state index is 3.64. The summed E-state index contributed by atoms with van der Waals surface area (Å²) < 4.78 is 1.32. The number of halogens is 1. The van der Waals surface area contributed by atoms with E-state index in [1.54, 1.807) is 11.3 Å². The maximum absolute atomic E-state index is 3.64. The molecular formula is C11H16BrNS. The van der Waals surface area contributed by atoms with Crippen molar-refractivity contribution >= 4 is 27.3 Å². The number of nitrogens with one attached hydrogen (secondary N) is 1. The third-order valence-corrected chi connectivity index (χ3v) is 4.92. The van der Waals surface area contributed by atoms with Gasteiger partial charge < -0.3 is 5.32 Å². The van der Waals surface area contributed by atoms with Gasteiger partial charge in [0.25, 0.3) is 0 Å². The molecule has 1 aliphatic rings. The predicted octanol–water partition coefficient (Wildman–Crippen LogP) is 3.61. The summed E-state index contributed by atoms with van der Waals surface area (Å²) in [5.74, 6) is 1.62. The Kier molecular flexibility index (Phi) is 3.63. The van der Waals surface area contributed by atoms with Gasteiger partial charge in [0.2, 0.25) is 0 Å². The molecule has 2 atom stereocenters. The lowest BCUT2D eigenvalue weighted by molar-refractivity contribution is 0.462. The summed E-state index contributed by atoms with van der Waals surface area (Å²) in [5, 5.41) is 7.82. The number of rotatable bonds is 3. The second kappa shape index (κ2) is 4.77. The highest BCUT2D eigenvalue weighted by molar-refractivity contribution is 9.10. The van der Waals surface area contributed by atoms with E-state index in [2.05, 4.69) is 39.1 Å². The second-order valence-electron chi connectivity index (χ2n) is 4.03. The Bertz CT molecular complexity index is 297. The number of hydrogen-bond donors (Lipinski definition) is 1. The van der Waals surface area contributed by atoms with Gasteiger partial charge in [0.1, 0.15) is 0 Å². The topological polar surface area (TPSA) is 12.0 Å². The van der Waals surface area contributed by atoms with E-state index >= 15 is 0 Å². The predicted molar refractivity (Wildman–Crippen MR) is 66.0 cm³/mol. The van der Waals surface area contributed by atoms with Gasteiger partial charge >= 0.3 is 0 Å². The first-order valence-electron chi connectivity index (χ1n) is 5.19. The minimum absolute atomic E-state index is 0.781. The summed E-state index contributed by atoms with van der Waals surface area (Å²) in [4.78, 5) is 0. The molecule has 1 heterocycles. The van der Waals surface area contributed by atoms with E-state index in [-0.39, 0.29) is 0 Å². The van der Waals surface area contributed by atoms with Gasteiger partial charge in [-0.25, -0.2) is 0 Å². The van der Waals surface area contributed by atoms with Crippen molar-refractivity contribution in [3.8, 4) is 0 Å². The Balaban J connectivity index is 2.13. The Hall–Kier alpha value is 0.140. The van der Waals surface area contributed by atoms with Crippen molar-refractivity contribution in [2.24, 2.45) is 5.92 Å². The normalized spacial score (nSPS) is 27.0. The Morgan fingerprint density at radius 1 is 1.50 bits per heavy atom. The smallest absolute Gasteiger partial charge is 0.0317 e. The molecule has 0 saturated heterocycles. The molecule has 1 aliphatic carbocycles. The lowest BCUT2D eigenvalue weighted by Crippen LogP contribution is -2.20. The van der Waals surface area contributed by atoms with Gasteiger partial charge in [-0.15, -0.1) is 0 Å². The molecular weight excluding hydrogens is 258 g/mol. The Labute approximate surface area is 98.0 Å². The molecule has 0 aromatic carbocycles. The van der Waals surface area contributed by atoms with Crippen LogP contribution >= 0.6 is 27.3 Å². The van der Waals surface area contributed by atoms with Crippen LogP contribution in [0.3, 0.4) is 0 Å². The highest BCUT2D eigenvalue weighted by Crippen LogP contribution is 2.43. The van der Waals surface area contributed by atoms with Crippen molar-refractivity contribution in [3.63, 3.8) is 0 Å². The summed E-state index contributed by atoms with van der Waals surface area (Å²) in [7, 11) is 2.05. The van der Waals surface area contributed by atoms with Gasteiger partial charge in [-0.2, -0.15) is 11.3 Å². The van der Waals surface area contributed by atoms with E-state index in [0.717, 1.165) is 18.4 Å². The van der Waals surface area contributed by atoms with Gasteiger partial charge in [0.15, 0.2) is 0 Å². The number of hydrogen-bond acceptors (Lipinski definition) is 2. The zero-order chi connectivity index (χ0) is 9.97. The average Bonchev–Trinajstić information content (AvgIpc) is 2.74. The maximum Gasteiger partial charge on any atom is 0.0317 e. The third-order valence-electron chi connectivity index (χ3n) is 3.17. The molecule has 1 aromatic rings. The zero-order valence-corrected chi connectivity index (χ0v) is 10.8. The van der Waals surface area contributed by atoms with E-state index in [1.807, 2.05) is 0 Å². The van der Waals surface area contributed by atoms with E-state index in [4.69, 9.17) is 0 Å². The molecule has 2 unspecified atom stereocenters. The molecule has 1 aromatic heterocycles. The fourth-order valence-corrected chi connectivity index (χ4v) is 4.16. The molecule has 1 saturated carbocycles. The highest BCUT2D eigenvalue weighted by Gasteiger charge is 2.29. The van der Waals surface area contributed by atoms with Crippen LogP contribution in [0.1, 0.15) is 30.7 Å². The van der Waals surface area contributed by atoms with Crippen LogP contribution in [0.4, 0.5) is 0 Å². The summed E-state index contributed by atoms with van der Waals surface area (Å²) in [6, 6.07) is 0. The van der Waals surface area contributed by atoms with Crippen molar-refractivity contribution < 1.29 is 0 Å². The lowest BCUT2D eigenvalue weighted by atomic mass is 9.91. The van der Waals surface area contributed by atoms with Crippen LogP contribution in [0.2, 0.25) is 0 Å². The van der Waals surface area contributed by atoms with E-state index in [1.165, 1.54) is 29.3 Å². The van der Waals surface area contributed by atoms with Crippen LogP contribution in [0.5, 0.6) is 0 Å². The third kappa shape index (κ3) is 2.05. The van der Waals surface area contributed by atoms with Crippen molar-refractivity contribution in [3.05, 3.63) is 20.8 Å². The summed E-state index contributed by atoms with van der Waals surface area (Å²) in [6.45, 7) is 1.16. The molecule has 0 amide bonds. The van der Waals surface area contributed by atoms with Crippen molar-refractivity contribution in [2.75, 3.05) is 13.6 Å². The van der Waals surface area contributed by atoms with E-state index < -0.39 is 0 Å². The van der Waals surface area contributed by atoms with Crippen molar-refractivity contribution in [1.82, 2.24) is 5.32 Å². The van der Waals surface area contributed by atoms with Crippen molar-refractivity contribution in [2.45, 2.75) is 25.2 Å². The van der Waals surface area contributed by atoms with Crippen molar-refractivity contribution in [1.29, 1.82) is 0 Å². The molecule has 2 rings (SSSR count). The van der Waals surface area contributed by atoms with Gasteiger partial charge in [-0.05, 0) is 65.1 Å². The SMILES string of the molecule is CNCC1CCCC1c1cscc1Br. The first-order valence-corrected chi connectivity index (χ1v) is 6.92. The van der Waals surface area contributed by atoms with Crippen LogP contribution in [-0.2, 0) is 0 Å². The standard InChI is InChI=1S/C11H16BrNS/c1-13-5-8-3-2-4-9(8)10-6-14-7-11(10)12/h6-9,13H,2-5H2,1H3. The largest absolute Gasteiger partial charge is 0.319 e. The fraction of sp³-hybridized carbons (Fsp3) is 0.636. The molecule has 1 nitrogen and oxygen atoms in total. The van der Waals surface area contributed by atoms with Gasteiger partial charge in [-0.1, -0.05) is 6.42 Å². The van der Waals surface area contributed by atoms with E-state index in [9.17, 15) is 0 Å². The van der Waals surface area contributed by atoms with Crippen LogP contribution in [0.15, 0.2) is 15.2 Å².